The zero-order chi connectivity index (χ0) is 13.8. The number of carbonyl (C=O) groups excluding carboxylic acids is 1. The molecular formula is C13H16F3NO. The Kier molecular flexibility index (Phi) is 4.90. The van der Waals surface area contributed by atoms with Crippen molar-refractivity contribution < 1.29 is 18.0 Å². The molecule has 0 aromatic heterocycles. The average molecular weight is 259 g/mol. The highest BCUT2D eigenvalue weighted by Crippen LogP contribution is 2.30. The van der Waals surface area contributed by atoms with Crippen LogP contribution in [-0.2, 0) is 6.18 Å². The van der Waals surface area contributed by atoms with Gasteiger partial charge >= 0.3 is 6.18 Å². The number of hydrogen-bond acceptors (Lipinski definition) is 2. The van der Waals surface area contributed by atoms with Gasteiger partial charge in [-0.3, -0.25) is 4.79 Å². The standard InChI is InChI=1S/C13H16F3NO/c1-3-9(8-17-2)12(18)10-5-4-6-11(7-10)13(14,15)16/h4-7,9,17H,3,8H2,1-2H3. The molecule has 0 radical (unpaired) electrons. The van der Waals surface area contributed by atoms with Gasteiger partial charge in [0.05, 0.1) is 5.56 Å². The van der Waals surface area contributed by atoms with Crippen LogP contribution in [0.3, 0.4) is 0 Å². The summed E-state index contributed by atoms with van der Waals surface area (Å²) in [6.07, 6.45) is -3.82. The summed E-state index contributed by atoms with van der Waals surface area (Å²) in [5.41, 5.74) is -0.667. The van der Waals surface area contributed by atoms with Crippen LogP contribution < -0.4 is 5.32 Å². The Labute approximate surface area is 104 Å². The lowest BCUT2D eigenvalue weighted by Crippen LogP contribution is -2.26. The minimum Gasteiger partial charge on any atom is -0.319 e. The molecule has 100 valence electrons. The molecule has 1 aromatic carbocycles. The molecule has 0 spiro atoms. The summed E-state index contributed by atoms with van der Waals surface area (Å²) in [4.78, 5) is 12.0. The fourth-order valence-corrected chi connectivity index (χ4v) is 1.75. The summed E-state index contributed by atoms with van der Waals surface area (Å²) < 4.78 is 37.6. The quantitative estimate of drug-likeness (QED) is 0.823. The van der Waals surface area contributed by atoms with Crippen molar-refractivity contribution in [2.45, 2.75) is 19.5 Å². The molecule has 0 saturated heterocycles. The molecule has 1 atom stereocenters. The molecule has 0 aliphatic rings. The van der Waals surface area contributed by atoms with Gasteiger partial charge in [0.1, 0.15) is 0 Å². The lowest BCUT2D eigenvalue weighted by molar-refractivity contribution is -0.137. The molecule has 0 saturated carbocycles. The van der Waals surface area contributed by atoms with Crippen LogP contribution in [0.4, 0.5) is 13.2 Å². The van der Waals surface area contributed by atoms with Crippen LogP contribution in [0.15, 0.2) is 24.3 Å². The molecule has 0 heterocycles. The molecule has 0 fully saturated rings. The fourth-order valence-electron chi connectivity index (χ4n) is 1.75. The lowest BCUT2D eigenvalue weighted by Gasteiger charge is -2.14. The Hall–Kier alpha value is -1.36. The lowest BCUT2D eigenvalue weighted by atomic mass is 9.94. The molecule has 18 heavy (non-hydrogen) atoms. The molecule has 1 rings (SSSR count). The van der Waals surface area contributed by atoms with E-state index in [0.29, 0.717) is 13.0 Å². The number of hydrogen-bond donors (Lipinski definition) is 1. The summed E-state index contributed by atoms with van der Waals surface area (Å²) in [5.74, 6) is -0.545. The van der Waals surface area contributed by atoms with Gasteiger partial charge in [-0.2, -0.15) is 13.2 Å². The Bertz CT molecular complexity index is 415. The zero-order valence-corrected chi connectivity index (χ0v) is 10.3. The van der Waals surface area contributed by atoms with Crippen molar-refractivity contribution in [2.24, 2.45) is 5.92 Å². The van der Waals surface area contributed by atoms with Gasteiger partial charge in [-0.1, -0.05) is 19.1 Å². The summed E-state index contributed by atoms with van der Waals surface area (Å²) in [6.45, 7) is 2.30. The van der Waals surface area contributed by atoms with E-state index in [1.807, 2.05) is 6.92 Å². The van der Waals surface area contributed by atoms with Crippen molar-refractivity contribution in [3.05, 3.63) is 35.4 Å². The van der Waals surface area contributed by atoms with E-state index in [-0.39, 0.29) is 17.3 Å². The van der Waals surface area contributed by atoms with Crippen LogP contribution in [0.1, 0.15) is 29.3 Å². The number of ketones is 1. The number of rotatable bonds is 5. The predicted octanol–water partition coefficient (Wildman–Crippen LogP) is 3.13. The number of alkyl halides is 3. The molecule has 0 aliphatic heterocycles. The van der Waals surface area contributed by atoms with Crippen LogP contribution in [0.2, 0.25) is 0 Å². The molecule has 0 bridgehead atoms. The van der Waals surface area contributed by atoms with Crippen molar-refractivity contribution in [3.8, 4) is 0 Å². The SMILES string of the molecule is CCC(CNC)C(=O)c1cccc(C(F)(F)F)c1. The normalized spacial score (nSPS) is 13.4. The molecule has 0 aliphatic carbocycles. The van der Waals surface area contributed by atoms with Crippen LogP contribution in [-0.4, -0.2) is 19.4 Å². The summed E-state index contributed by atoms with van der Waals surface area (Å²) >= 11 is 0. The Morgan fingerprint density at radius 3 is 2.56 bits per heavy atom. The second-order valence-corrected chi connectivity index (χ2v) is 4.11. The highest BCUT2D eigenvalue weighted by molar-refractivity contribution is 5.98. The molecular weight excluding hydrogens is 243 g/mol. The Morgan fingerprint density at radius 2 is 2.06 bits per heavy atom. The van der Waals surface area contributed by atoms with Gasteiger partial charge in [0.25, 0.3) is 0 Å². The number of Topliss-reactive ketones (excluding diaryl/α,β-unsaturated/α-hetero) is 1. The van der Waals surface area contributed by atoms with Gasteiger partial charge in [0.2, 0.25) is 0 Å². The van der Waals surface area contributed by atoms with Gasteiger partial charge in [-0.25, -0.2) is 0 Å². The third-order valence-electron chi connectivity index (χ3n) is 2.79. The first-order valence-electron chi connectivity index (χ1n) is 5.76. The minimum absolute atomic E-state index is 0.118. The number of halogens is 3. The maximum absolute atomic E-state index is 12.5. The van der Waals surface area contributed by atoms with Crippen molar-refractivity contribution >= 4 is 5.78 Å². The van der Waals surface area contributed by atoms with Crippen molar-refractivity contribution in [1.82, 2.24) is 5.32 Å². The Morgan fingerprint density at radius 1 is 1.39 bits per heavy atom. The molecule has 0 amide bonds. The molecule has 1 aromatic rings. The monoisotopic (exact) mass is 259 g/mol. The smallest absolute Gasteiger partial charge is 0.319 e. The molecule has 5 heteroatoms. The third kappa shape index (κ3) is 3.57. The Balaban J connectivity index is 2.99. The van der Waals surface area contributed by atoms with Crippen molar-refractivity contribution in [3.63, 3.8) is 0 Å². The number of carbonyl (C=O) groups is 1. The first-order chi connectivity index (χ1) is 8.40. The fraction of sp³-hybridized carbons (Fsp3) is 0.462. The van der Waals surface area contributed by atoms with Crippen molar-refractivity contribution in [2.75, 3.05) is 13.6 Å². The average Bonchev–Trinajstić information content (AvgIpc) is 2.34. The van der Waals surface area contributed by atoms with Gasteiger partial charge in [-0.05, 0) is 25.6 Å². The van der Waals surface area contributed by atoms with E-state index in [4.69, 9.17) is 0 Å². The summed E-state index contributed by atoms with van der Waals surface area (Å²) in [6, 6.07) is 4.58. The van der Waals surface area contributed by atoms with Crippen LogP contribution in [0.5, 0.6) is 0 Å². The second-order valence-electron chi connectivity index (χ2n) is 4.11. The van der Waals surface area contributed by atoms with E-state index < -0.39 is 11.7 Å². The first kappa shape index (κ1) is 14.7. The van der Waals surface area contributed by atoms with E-state index in [1.165, 1.54) is 12.1 Å². The van der Waals surface area contributed by atoms with E-state index in [2.05, 4.69) is 5.32 Å². The summed E-state index contributed by atoms with van der Waals surface area (Å²) in [5, 5.41) is 2.87. The zero-order valence-electron chi connectivity index (χ0n) is 10.3. The molecule has 1 N–H and O–H groups in total. The van der Waals surface area contributed by atoms with Crippen LogP contribution in [0.25, 0.3) is 0 Å². The topological polar surface area (TPSA) is 29.1 Å². The number of nitrogens with one attached hydrogen (secondary N) is 1. The van der Waals surface area contributed by atoms with Crippen molar-refractivity contribution in [1.29, 1.82) is 0 Å². The highest BCUT2D eigenvalue weighted by Gasteiger charge is 2.31. The van der Waals surface area contributed by atoms with Crippen LogP contribution in [0, 0.1) is 5.92 Å². The predicted molar refractivity (Wildman–Crippen MR) is 63.5 cm³/mol. The molecule has 1 unspecified atom stereocenters. The van der Waals surface area contributed by atoms with E-state index in [1.54, 1.807) is 7.05 Å². The largest absolute Gasteiger partial charge is 0.416 e. The van der Waals surface area contributed by atoms with Gasteiger partial charge < -0.3 is 5.32 Å². The highest BCUT2D eigenvalue weighted by atomic mass is 19.4. The van der Waals surface area contributed by atoms with Gasteiger partial charge in [0.15, 0.2) is 5.78 Å². The molecule has 2 nitrogen and oxygen atoms in total. The maximum Gasteiger partial charge on any atom is 0.416 e. The maximum atomic E-state index is 12.5. The third-order valence-corrected chi connectivity index (χ3v) is 2.79. The van der Waals surface area contributed by atoms with Gasteiger partial charge in [-0.15, -0.1) is 0 Å². The van der Waals surface area contributed by atoms with Gasteiger partial charge in [0, 0.05) is 18.0 Å². The van der Waals surface area contributed by atoms with E-state index >= 15 is 0 Å². The first-order valence-corrected chi connectivity index (χ1v) is 5.76. The summed E-state index contributed by atoms with van der Waals surface area (Å²) in [7, 11) is 1.71. The second kappa shape index (κ2) is 6.00. The van der Waals surface area contributed by atoms with E-state index in [9.17, 15) is 18.0 Å². The van der Waals surface area contributed by atoms with E-state index in [0.717, 1.165) is 12.1 Å². The number of benzene rings is 1. The van der Waals surface area contributed by atoms with Crippen LogP contribution >= 0.6 is 0 Å². The minimum atomic E-state index is -4.42.